The summed E-state index contributed by atoms with van der Waals surface area (Å²) in [7, 11) is 4.27. The molecule has 1 fully saturated rings. The van der Waals surface area contributed by atoms with Gasteiger partial charge in [-0.2, -0.15) is 0 Å². The molecule has 1 aliphatic rings. The molecule has 0 radical (unpaired) electrons. The second-order valence-electron chi connectivity index (χ2n) is 5.83. The van der Waals surface area contributed by atoms with Crippen molar-refractivity contribution in [2.75, 3.05) is 27.2 Å². The number of urea groups is 1. The Morgan fingerprint density at radius 1 is 1.15 bits per heavy atom. The number of nitrogens with one attached hydrogen (secondary N) is 2. The molecule has 1 heterocycles. The lowest BCUT2D eigenvalue weighted by atomic mass is 9.80. The lowest BCUT2D eigenvalue weighted by Crippen LogP contribution is -2.44. The predicted molar refractivity (Wildman–Crippen MR) is 81.8 cm³/mol. The van der Waals surface area contributed by atoms with Crippen LogP contribution in [0, 0.1) is 6.92 Å². The van der Waals surface area contributed by atoms with E-state index in [4.69, 9.17) is 0 Å². The molecule has 2 rings (SSSR count). The molecule has 0 bridgehead atoms. The van der Waals surface area contributed by atoms with Gasteiger partial charge in [-0.3, -0.25) is 4.90 Å². The van der Waals surface area contributed by atoms with Crippen LogP contribution in [-0.4, -0.2) is 38.1 Å². The maximum Gasteiger partial charge on any atom is 0.314 e. The third-order valence-electron chi connectivity index (χ3n) is 4.29. The summed E-state index contributed by atoms with van der Waals surface area (Å²) in [5, 5.41) is 5.84. The Labute approximate surface area is 121 Å². The van der Waals surface area contributed by atoms with Gasteiger partial charge >= 0.3 is 6.03 Å². The van der Waals surface area contributed by atoms with Gasteiger partial charge in [0, 0.05) is 18.6 Å². The third kappa shape index (κ3) is 3.12. The van der Waals surface area contributed by atoms with Gasteiger partial charge < -0.3 is 10.6 Å². The Balaban J connectivity index is 2.33. The highest BCUT2D eigenvalue weighted by Gasteiger charge is 2.34. The molecule has 0 aliphatic carbocycles. The normalized spacial score (nSPS) is 24.3. The van der Waals surface area contributed by atoms with Crippen molar-refractivity contribution >= 4 is 6.03 Å². The highest BCUT2D eigenvalue weighted by Crippen LogP contribution is 2.35. The molecule has 4 heteroatoms. The van der Waals surface area contributed by atoms with E-state index in [1.807, 2.05) is 0 Å². The van der Waals surface area contributed by atoms with Crippen molar-refractivity contribution in [1.82, 2.24) is 15.5 Å². The van der Waals surface area contributed by atoms with Crippen molar-refractivity contribution < 1.29 is 4.79 Å². The molecule has 20 heavy (non-hydrogen) atoms. The van der Waals surface area contributed by atoms with Crippen LogP contribution >= 0.6 is 0 Å². The molecule has 0 aromatic heterocycles. The summed E-state index contributed by atoms with van der Waals surface area (Å²) in [6, 6.07) is 8.68. The topological polar surface area (TPSA) is 44.4 Å². The second-order valence-corrected chi connectivity index (χ2v) is 5.83. The van der Waals surface area contributed by atoms with E-state index in [1.165, 1.54) is 11.1 Å². The van der Waals surface area contributed by atoms with Gasteiger partial charge in [-0.15, -0.1) is 0 Å². The van der Waals surface area contributed by atoms with Crippen molar-refractivity contribution in [2.24, 2.45) is 0 Å². The van der Waals surface area contributed by atoms with Crippen molar-refractivity contribution in [3.63, 3.8) is 0 Å². The lowest BCUT2D eigenvalue weighted by molar-refractivity contribution is 0.125. The van der Waals surface area contributed by atoms with Crippen LogP contribution in [0.3, 0.4) is 0 Å². The average Bonchev–Trinajstić information content (AvgIpc) is 2.50. The quantitative estimate of drug-likeness (QED) is 0.869. The lowest BCUT2D eigenvalue weighted by Gasteiger charge is -2.41. The Hall–Kier alpha value is -1.55. The molecular weight excluding hydrogens is 250 g/mol. The van der Waals surface area contributed by atoms with Gasteiger partial charge in [0.1, 0.15) is 0 Å². The van der Waals surface area contributed by atoms with Gasteiger partial charge in [0.25, 0.3) is 0 Å². The molecule has 1 aromatic rings. The average molecular weight is 275 g/mol. The summed E-state index contributed by atoms with van der Waals surface area (Å²) in [5.74, 6) is 0. The van der Waals surface area contributed by atoms with E-state index >= 15 is 0 Å². The van der Waals surface area contributed by atoms with Crippen molar-refractivity contribution in [2.45, 2.75) is 31.7 Å². The number of amides is 2. The first-order valence-corrected chi connectivity index (χ1v) is 7.31. The highest BCUT2D eigenvalue weighted by molar-refractivity contribution is 5.73. The molecule has 1 atom stereocenters. The van der Waals surface area contributed by atoms with Crippen LogP contribution in [-0.2, 0) is 5.54 Å². The predicted octanol–water partition coefficient (Wildman–Crippen LogP) is 2.24. The van der Waals surface area contributed by atoms with Crippen LogP contribution in [0.5, 0.6) is 0 Å². The van der Waals surface area contributed by atoms with E-state index in [9.17, 15) is 4.79 Å². The van der Waals surface area contributed by atoms with Gasteiger partial charge in [-0.25, -0.2) is 4.79 Å². The molecule has 0 unspecified atom stereocenters. The zero-order valence-electron chi connectivity index (χ0n) is 12.7. The number of hydrogen-bond donors (Lipinski definition) is 2. The fraction of sp³-hybridized carbons (Fsp3) is 0.562. The van der Waals surface area contributed by atoms with Crippen molar-refractivity contribution in [3.8, 4) is 0 Å². The molecule has 2 N–H and O–H groups in total. The Bertz CT molecular complexity index is 473. The first-order chi connectivity index (χ1) is 9.54. The van der Waals surface area contributed by atoms with Gasteiger partial charge in [-0.1, -0.05) is 29.8 Å². The first kappa shape index (κ1) is 14.9. The maximum atomic E-state index is 11.5. The smallest absolute Gasteiger partial charge is 0.314 e. The van der Waals surface area contributed by atoms with Crippen molar-refractivity contribution in [3.05, 3.63) is 35.4 Å². The summed E-state index contributed by atoms with van der Waals surface area (Å²) >= 11 is 0. The fourth-order valence-corrected chi connectivity index (χ4v) is 3.08. The summed E-state index contributed by atoms with van der Waals surface area (Å²) < 4.78 is 0. The third-order valence-corrected chi connectivity index (χ3v) is 4.29. The maximum absolute atomic E-state index is 11.5. The zero-order valence-corrected chi connectivity index (χ0v) is 12.7. The van der Waals surface area contributed by atoms with E-state index in [0.29, 0.717) is 6.54 Å². The van der Waals surface area contributed by atoms with E-state index in [-0.39, 0.29) is 11.6 Å². The van der Waals surface area contributed by atoms with Crippen LogP contribution in [0.15, 0.2) is 24.3 Å². The van der Waals surface area contributed by atoms with Crippen LogP contribution in [0.2, 0.25) is 0 Å². The zero-order chi connectivity index (χ0) is 14.6. The van der Waals surface area contributed by atoms with Gasteiger partial charge in [0.15, 0.2) is 0 Å². The molecule has 0 spiro atoms. The monoisotopic (exact) mass is 275 g/mol. The van der Waals surface area contributed by atoms with E-state index in [1.54, 1.807) is 0 Å². The summed E-state index contributed by atoms with van der Waals surface area (Å²) in [5.41, 5.74) is 2.62. The molecule has 1 aromatic carbocycles. The van der Waals surface area contributed by atoms with Crippen LogP contribution in [0.4, 0.5) is 4.79 Å². The molecule has 2 amide bonds. The largest absolute Gasteiger partial charge is 0.338 e. The van der Waals surface area contributed by atoms with Crippen LogP contribution in [0.1, 0.15) is 30.4 Å². The minimum Gasteiger partial charge on any atom is -0.338 e. The number of aryl methyl sites for hydroxylation is 1. The number of nitrogens with zero attached hydrogens (tertiary/aromatic N) is 1. The molecule has 4 nitrogen and oxygen atoms in total. The van der Waals surface area contributed by atoms with Gasteiger partial charge in [0.05, 0.1) is 0 Å². The Kier molecular flexibility index (Phi) is 4.65. The van der Waals surface area contributed by atoms with E-state index in [0.717, 1.165) is 25.8 Å². The number of benzene rings is 1. The molecular formula is C16H25N3O. The SMILES string of the molecule is Cc1cccc([C@]2(N(C)C)CCCNC(=O)NCC2)c1. The molecule has 0 saturated carbocycles. The van der Waals surface area contributed by atoms with Crippen LogP contribution in [0.25, 0.3) is 0 Å². The van der Waals surface area contributed by atoms with E-state index < -0.39 is 0 Å². The molecule has 1 aliphatic heterocycles. The number of hydrogen-bond acceptors (Lipinski definition) is 2. The summed E-state index contributed by atoms with van der Waals surface area (Å²) in [6.45, 7) is 3.55. The summed E-state index contributed by atoms with van der Waals surface area (Å²) in [4.78, 5) is 13.8. The Morgan fingerprint density at radius 3 is 2.60 bits per heavy atom. The van der Waals surface area contributed by atoms with Gasteiger partial charge in [-0.05, 0) is 45.8 Å². The summed E-state index contributed by atoms with van der Waals surface area (Å²) in [6.07, 6.45) is 2.96. The minimum absolute atomic E-state index is 0.00861. The van der Waals surface area contributed by atoms with Crippen LogP contribution < -0.4 is 10.6 Å². The fourth-order valence-electron chi connectivity index (χ4n) is 3.08. The first-order valence-electron chi connectivity index (χ1n) is 7.31. The standard InChI is InChI=1S/C16H25N3O/c1-13-6-4-7-14(12-13)16(19(2)3)8-5-10-17-15(20)18-11-9-16/h4,6-7,12H,5,8-11H2,1-3H3,(H2,17,18,20)/t16-/m0/s1. The molecule has 110 valence electrons. The minimum atomic E-state index is -0.0520. The number of carbonyl (C=O) groups excluding carboxylic acids is 1. The molecule has 1 saturated heterocycles. The highest BCUT2D eigenvalue weighted by atomic mass is 16.2. The number of carbonyl (C=O) groups is 1. The van der Waals surface area contributed by atoms with Crippen molar-refractivity contribution in [1.29, 1.82) is 0 Å². The second kappa shape index (κ2) is 6.27. The van der Waals surface area contributed by atoms with Gasteiger partial charge in [0.2, 0.25) is 0 Å². The Morgan fingerprint density at radius 2 is 1.90 bits per heavy atom. The van der Waals surface area contributed by atoms with E-state index in [2.05, 4.69) is 60.8 Å². The number of rotatable bonds is 2.